The standard InChI is InChI=1S/C13H18INO2/c1-4-15(9-13(2,3)17)12(16)10-7-5-6-8-11(10)14/h5-8,17H,4,9H2,1-3H3. The molecule has 0 fully saturated rings. The van der Waals surface area contributed by atoms with Crippen molar-refractivity contribution in [1.82, 2.24) is 4.90 Å². The maximum atomic E-state index is 12.3. The fourth-order valence-electron chi connectivity index (χ4n) is 1.60. The van der Waals surface area contributed by atoms with Gasteiger partial charge in [0.2, 0.25) is 0 Å². The first-order valence-electron chi connectivity index (χ1n) is 5.61. The van der Waals surface area contributed by atoms with E-state index in [2.05, 4.69) is 22.6 Å². The minimum absolute atomic E-state index is 0.0281. The van der Waals surface area contributed by atoms with Crippen LogP contribution in [-0.2, 0) is 0 Å². The Morgan fingerprint density at radius 3 is 2.47 bits per heavy atom. The average molecular weight is 347 g/mol. The van der Waals surface area contributed by atoms with Gasteiger partial charge in [-0.2, -0.15) is 0 Å². The van der Waals surface area contributed by atoms with Crippen molar-refractivity contribution in [2.75, 3.05) is 13.1 Å². The third kappa shape index (κ3) is 4.27. The summed E-state index contributed by atoms with van der Waals surface area (Å²) in [5.74, 6) is -0.0281. The van der Waals surface area contributed by atoms with Crippen molar-refractivity contribution < 1.29 is 9.90 Å². The molecule has 0 bridgehead atoms. The largest absolute Gasteiger partial charge is 0.389 e. The average Bonchev–Trinajstić information content (AvgIpc) is 2.24. The Labute approximate surface area is 116 Å². The van der Waals surface area contributed by atoms with E-state index in [0.29, 0.717) is 18.7 Å². The number of carbonyl (C=O) groups excluding carboxylic acids is 1. The SMILES string of the molecule is CCN(CC(C)(C)O)C(=O)c1ccccc1I. The molecule has 0 spiro atoms. The molecule has 0 aliphatic rings. The summed E-state index contributed by atoms with van der Waals surface area (Å²) in [5, 5.41) is 9.79. The normalized spacial score (nSPS) is 11.4. The van der Waals surface area contributed by atoms with Gasteiger partial charge in [0.05, 0.1) is 11.2 Å². The first kappa shape index (κ1) is 14.4. The van der Waals surface area contributed by atoms with E-state index in [1.807, 2.05) is 31.2 Å². The minimum atomic E-state index is -0.869. The van der Waals surface area contributed by atoms with E-state index in [1.165, 1.54) is 0 Å². The van der Waals surface area contributed by atoms with Crippen LogP contribution < -0.4 is 0 Å². The minimum Gasteiger partial charge on any atom is -0.389 e. The summed E-state index contributed by atoms with van der Waals surface area (Å²) in [6, 6.07) is 7.49. The lowest BCUT2D eigenvalue weighted by atomic mass is 10.1. The fourth-order valence-corrected chi connectivity index (χ4v) is 2.22. The summed E-state index contributed by atoms with van der Waals surface area (Å²) >= 11 is 2.15. The second kappa shape index (κ2) is 5.82. The van der Waals surface area contributed by atoms with Crippen molar-refractivity contribution in [3.05, 3.63) is 33.4 Å². The number of benzene rings is 1. The second-order valence-electron chi connectivity index (χ2n) is 4.61. The Hall–Kier alpha value is -0.620. The molecular weight excluding hydrogens is 329 g/mol. The predicted octanol–water partition coefficient (Wildman–Crippen LogP) is 2.52. The van der Waals surface area contributed by atoms with Gasteiger partial charge in [-0.1, -0.05) is 12.1 Å². The molecule has 1 aromatic rings. The molecule has 3 nitrogen and oxygen atoms in total. The summed E-state index contributed by atoms with van der Waals surface area (Å²) in [6.45, 7) is 6.26. The van der Waals surface area contributed by atoms with Crippen molar-refractivity contribution in [1.29, 1.82) is 0 Å². The predicted molar refractivity (Wildman–Crippen MR) is 77.0 cm³/mol. The van der Waals surface area contributed by atoms with E-state index in [-0.39, 0.29) is 5.91 Å². The third-order valence-electron chi connectivity index (χ3n) is 2.35. The highest BCUT2D eigenvalue weighted by molar-refractivity contribution is 14.1. The lowest BCUT2D eigenvalue weighted by Gasteiger charge is -2.28. The number of nitrogens with zero attached hydrogens (tertiary/aromatic N) is 1. The van der Waals surface area contributed by atoms with Crippen LogP contribution in [0.1, 0.15) is 31.1 Å². The fraction of sp³-hybridized carbons (Fsp3) is 0.462. The lowest BCUT2D eigenvalue weighted by molar-refractivity contribution is 0.0314. The molecule has 0 aliphatic carbocycles. The Morgan fingerprint density at radius 1 is 1.41 bits per heavy atom. The molecule has 0 aliphatic heterocycles. The summed E-state index contributed by atoms with van der Waals surface area (Å²) in [5.41, 5.74) is -0.175. The van der Waals surface area contributed by atoms with Crippen LogP contribution in [0, 0.1) is 3.57 Å². The highest BCUT2D eigenvalue weighted by Crippen LogP contribution is 2.15. The van der Waals surface area contributed by atoms with Crippen LogP contribution in [0.5, 0.6) is 0 Å². The number of hydrogen-bond acceptors (Lipinski definition) is 2. The van der Waals surface area contributed by atoms with Crippen molar-refractivity contribution in [2.45, 2.75) is 26.4 Å². The quantitative estimate of drug-likeness (QED) is 0.851. The zero-order valence-corrected chi connectivity index (χ0v) is 12.6. The van der Waals surface area contributed by atoms with E-state index in [0.717, 1.165) is 3.57 Å². The second-order valence-corrected chi connectivity index (χ2v) is 5.77. The Bertz CT molecular complexity index is 399. The van der Waals surface area contributed by atoms with Gasteiger partial charge >= 0.3 is 0 Å². The van der Waals surface area contributed by atoms with Gasteiger partial charge in [-0.15, -0.1) is 0 Å². The number of halogens is 1. The zero-order chi connectivity index (χ0) is 13.1. The van der Waals surface area contributed by atoms with Gasteiger partial charge in [0.15, 0.2) is 0 Å². The van der Waals surface area contributed by atoms with E-state index in [4.69, 9.17) is 0 Å². The maximum Gasteiger partial charge on any atom is 0.255 e. The monoisotopic (exact) mass is 347 g/mol. The summed E-state index contributed by atoms with van der Waals surface area (Å²) < 4.78 is 0.935. The highest BCUT2D eigenvalue weighted by atomic mass is 127. The van der Waals surface area contributed by atoms with Crippen molar-refractivity contribution in [3.8, 4) is 0 Å². The first-order chi connectivity index (χ1) is 7.85. The van der Waals surface area contributed by atoms with Gasteiger partial charge in [-0.05, 0) is 55.5 Å². The molecular formula is C13H18INO2. The smallest absolute Gasteiger partial charge is 0.255 e. The van der Waals surface area contributed by atoms with E-state index < -0.39 is 5.60 Å². The molecule has 0 radical (unpaired) electrons. The molecule has 4 heteroatoms. The van der Waals surface area contributed by atoms with Crippen molar-refractivity contribution >= 4 is 28.5 Å². The van der Waals surface area contributed by atoms with Gasteiger partial charge in [0.1, 0.15) is 0 Å². The van der Waals surface area contributed by atoms with Crippen LogP contribution in [0.3, 0.4) is 0 Å². The van der Waals surface area contributed by atoms with Crippen LogP contribution in [0.4, 0.5) is 0 Å². The Morgan fingerprint density at radius 2 is 2.00 bits per heavy atom. The van der Waals surface area contributed by atoms with Crippen LogP contribution >= 0.6 is 22.6 Å². The van der Waals surface area contributed by atoms with Gasteiger partial charge in [-0.25, -0.2) is 0 Å². The maximum absolute atomic E-state index is 12.3. The molecule has 0 atom stereocenters. The van der Waals surface area contributed by atoms with E-state index in [9.17, 15) is 9.90 Å². The molecule has 0 unspecified atom stereocenters. The van der Waals surface area contributed by atoms with Gasteiger partial charge < -0.3 is 10.0 Å². The van der Waals surface area contributed by atoms with Crippen molar-refractivity contribution in [2.24, 2.45) is 0 Å². The first-order valence-corrected chi connectivity index (χ1v) is 6.69. The van der Waals surface area contributed by atoms with Crippen LogP contribution in [0.2, 0.25) is 0 Å². The van der Waals surface area contributed by atoms with Gasteiger partial charge in [0.25, 0.3) is 5.91 Å². The van der Waals surface area contributed by atoms with E-state index >= 15 is 0 Å². The topological polar surface area (TPSA) is 40.5 Å². The molecule has 1 amide bonds. The number of likely N-dealkylation sites (N-methyl/N-ethyl adjacent to an activating group) is 1. The number of aliphatic hydroxyl groups is 1. The molecule has 1 aromatic carbocycles. The number of carbonyl (C=O) groups is 1. The summed E-state index contributed by atoms with van der Waals surface area (Å²) in [6.07, 6.45) is 0. The molecule has 0 saturated heterocycles. The van der Waals surface area contributed by atoms with Gasteiger partial charge in [0, 0.05) is 16.7 Å². The number of hydrogen-bond donors (Lipinski definition) is 1. The zero-order valence-electron chi connectivity index (χ0n) is 10.4. The number of amides is 1. The molecule has 0 aromatic heterocycles. The molecule has 94 valence electrons. The van der Waals surface area contributed by atoms with Crippen LogP contribution in [0.25, 0.3) is 0 Å². The molecule has 0 saturated carbocycles. The molecule has 1 rings (SSSR count). The molecule has 17 heavy (non-hydrogen) atoms. The number of rotatable bonds is 4. The van der Waals surface area contributed by atoms with E-state index in [1.54, 1.807) is 18.7 Å². The lowest BCUT2D eigenvalue weighted by Crippen LogP contribution is -2.42. The Kier molecular flexibility index (Phi) is 4.94. The van der Waals surface area contributed by atoms with Crippen LogP contribution in [0.15, 0.2) is 24.3 Å². The van der Waals surface area contributed by atoms with Gasteiger partial charge in [-0.3, -0.25) is 4.79 Å². The Balaban J connectivity index is 2.91. The molecule has 0 heterocycles. The third-order valence-corrected chi connectivity index (χ3v) is 3.29. The summed E-state index contributed by atoms with van der Waals surface area (Å²) in [4.78, 5) is 13.9. The highest BCUT2D eigenvalue weighted by Gasteiger charge is 2.23. The summed E-state index contributed by atoms with van der Waals surface area (Å²) in [7, 11) is 0. The van der Waals surface area contributed by atoms with Crippen LogP contribution in [-0.4, -0.2) is 34.6 Å². The molecule has 1 N–H and O–H groups in total. The van der Waals surface area contributed by atoms with Crippen molar-refractivity contribution in [3.63, 3.8) is 0 Å².